The van der Waals surface area contributed by atoms with Gasteiger partial charge in [0, 0.05) is 33.3 Å². The van der Waals surface area contributed by atoms with Gasteiger partial charge in [-0.05, 0) is 23.8 Å². The Kier molecular flexibility index (Phi) is 5.28. The van der Waals surface area contributed by atoms with E-state index >= 15 is 0 Å². The van der Waals surface area contributed by atoms with E-state index in [9.17, 15) is 4.21 Å². The number of hydrogen-bond acceptors (Lipinski definition) is 3. The van der Waals surface area contributed by atoms with E-state index in [1.807, 2.05) is 18.2 Å². The first-order chi connectivity index (χ1) is 7.17. The van der Waals surface area contributed by atoms with Gasteiger partial charge in [-0.2, -0.15) is 0 Å². The molecule has 1 aromatic rings. The second-order valence-corrected chi connectivity index (χ2v) is 5.47. The molecular formula is C10H14BrNO2S. The van der Waals surface area contributed by atoms with E-state index in [1.165, 1.54) is 0 Å². The lowest BCUT2D eigenvalue weighted by Gasteiger charge is -2.06. The van der Waals surface area contributed by atoms with Gasteiger partial charge in [-0.1, -0.05) is 15.9 Å². The summed E-state index contributed by atoms with van der Waals surface area (Å²) in [4.78, 5) is 0. The molecule has 0 spiro atoms. The minimum absolute atomic E-state index is 0.453. The van der Waals surface area contributed by atoms with Crippen molar-refractivity contribution in [2.45, 2.75) is 5.75 Å². The van der Waals surface area contributed by atoms with Gasteiger partial charge < -0.3 is 10.5 Å². The topological polar surface area (TPSA) is 52.3 Å². The monoisotopic (exact) mass is 291 g/mol. The third-order valence-electron chi connectivity index (χ3n) is 1.91. The molecule has 0 aliphatic rings. The molecule has 0 fully saturated rings. The van der Waals surface area contributed by atoms with Crippen LogP contribution in [0.4, 0.5) is 0 Å². The largest absolute Gasteiger partial charge is 0.497 e. The Bertz CT molecular complexity index is 357. The summed E-state index contributed by atoms with van der Waals surface area (Å²) in [5.41, 5.74) is 6.33. The van der Waals surface area contributed by atoms with Crippen LogP contribution < -0.4 is 10.5 Å². The third-order valence-corrected chi connectivity index (χ3v) is 4.01. The van der Waals surface area contributed by atoms with Crippen molar-refractivity contribution in [3.63, 3.8) is 0 Å². The van der Waals surface area contributed by atoms with Crippen LogP contribution in [0.1, 0.15) is 5.56 Å². The molecule has 84 valence electrons. The van der Waals surface area contributed by atoms with E-state index in [0.717, 1.165) is 15.8 Å². The SMILES string of the molecule is COc1ccc(Br)c(CS(=O)CCN)c1. The number of rotatable bonds is 5. The minimum atomic E-state index is -0.902. The summed E-state index contributed by atoms with van der Waals surface area (Å²) in [6.07, 6.45) is 0. The summed E-state index contributed by atoms with van der Waals surface area (Å²) in [7, 11) is 0.713. The zero-order valence-electron chi connectivity index (χ0n) is 8.53. The fourth-order valence-electron chi connectivity index (χ4n) is 1.17. The van der Waals surface area contributed by atoms with Crippen LogP contribution in [0.5, 0.6) is 5.75 Å². The maximum Gasteiger partial charge on any atom is 0.119 e. The quantitative estimate of drug-likeness (QED) is 0.898. The normalized spacial score (nSPS) is 12.5. The van der Waals surface area contributed by atoms with Gasteiger partial charge in [-0.3, -0.25) is 4.21 Å². The number of methoxy groups -OCH3 is 1. The smallest absolute Gasteiger partial charge is 0.119 e. The molecular weight excluding hydrogens is 278 g/mol. The molecule has 0 aromatic heterocycles. The molecule has 5 heteroatoms. The second kappa shape index (κ2) is 6.25. The zero-order chi connectivity index (χ0) is 11.3. The molecule has 0 aliphatic heterocycles. The Morgan fingerprint density at radius 1 is 1.53 bits per heavy atom. The summed E-state index contributed by atoms with van der Waals surface area (Å²) >= 11 is 3.42. The number of ether oxygens (including phenoxy) is 1. The molecule has 3 nitrogen and oxygen atoms in total. The molecule has 1 rings (SSSR count). The lowest BCUT2D eigenvalue weighted by molar-refractivity contribution is 0.414. The Morgan fingerprint density at radius 3 is 2.87 bits per heavy atom. The number of nitrogens with two attached hydrogens (primary N) is 1. The first-order valence-corrected chi connectivity index (χ1v) is 6.83. The van der Waals surface area contributed by atoms with Crippen LogP contribution in [0.2, 0.25) is 0 Å². The van der Waals surface area contributed by atoms with E-state index in [0.29, 0.717) is 18.1 Å². The van der Waals surface area contributed by atoms with E-state index in [1.54, 1.807) is 7.11 Å². The molecule has 1 unspecified atom stereocenters. The summed E-state index contributed by atoms with van der Waals surface area (Å²) < 4.78 is 17.6. The van der Waals surface area contributed by atoms with E-state index in [4.69, 9.17) is 10.5 Å². The van der Waals surface area contributed by atoms with Crippen LogP contribution in [-0.2, 0) is 16.6 Å². The van der Waals surface area contributed by atoms with Crippen molar-refractivity contribution < 1.29 is 8.95 Å². The number of benzene rings is 1. The highest BCUT2D eigenvalue weighted by Gasteiger charge is 2.06. The van der Waals surface area contributed by atoms with E-state index < -0.39 is 10.8 Å². The van der Waals surface area contributed by atoms with Crippen molar-refractivity contribution in [3.8, 4) is 5.75 Å². The Hall–Kier alpha value is -0.390. The Balaban J connectivity index is 2.79. The maximum absolute atomic E-state index is 11.5. The van der Waals surface area contributed by atoms with Crippen molar-refractivity contribution in [1.29, 1.82) is 0 Å². The van der Waals surface area contributed by atoms with Crippen molar-refractivity contribution in [1.82, 2.24) is 0 Å². The molecule has 0 amide bonds. The second-order valence-electron chi connectivity index (χ2n) is 3.03. The summed E-state index contributed by atoms with van der Waals surface area (Å²) in [5, 5.41) is 0. The summed E-state index contributed by atoms with van der Waals surface area (Å²) in [5.74, 6) is 1.82. The van der Waals surface area contributed by atoms with Gasteiger partial charge in [-0.25, -0.2) is 0 Å². The zero-order valence-corrected chi connectivity index (χ0v) is 10.9. The Labute approximate surface area is 101 Å². The fourth-order valence-corrected chi connectivity index (χ4v) is 2.73. The minimum Gasteiger partial charge on any atom is -0.497 e. The van der Waals surface area contributed by atoms with Gasteiger partial charge in [0.15, 0.2) is 0 Å². The molecule has 1 atom stereocenters. The number of hydrogen-bond donors (Lipinski definition) is 1. The van der Waals surface area contributed by atoms with Crippen LogP contribution in [0, 0.1) is 0 Å². The predicted octanol–water partition coefficient (Wildman–Crippen LogP) is 1.67. The molecule has 0 bridgehead atoms. The van der Waals surface area contributed by atoms with E-state index in [-0.39, 0.29) is 0 Å². The van der Waals surface area contributed by atoms with Gasteiger partial charge in [0.05, 0.1) is 7.11 Å². The lowest BCUT2D eigenvalue weighted by Crippen LogP contribution is -2.11. The fraction of sp³-hybridized carbons (Fsp3) is 0.400. The Morgan fingerprint density at radius 2 is 2.27 bits per heavy atom. The van der Waals surface area contributed by atoms with Gasteiger partial charge in [-0.15, -0.1) is 0 Å². The van der Waals surface area contributed by atoms with Gasteiger partial charge in [0.1, 0.15) is 5.75 Å². The van der Waals surface area contributed by atoms with Gasteiger partial charge in [0.25, 0.3) is 0 Å². The molecule has 0 radical (unpaired) electrons. The van der Waals surface area contributed by atoms with Crippen LogP contribution >= 0.6 is 15.9 Å². The van der Waals surface area contributed by atoms with Crippen LogP contribution in [0.25, 0.3) is 0 Å². The molecule has 2 N–H and O–H groups in total. The lowest BCUT2D eigenvalue weighted by atomic mass is 10.2. The predicted molar refractivity (Wildman–Crippen MR) is 66.5 cm³/mol. The molecule has 0 saturated carbocycles. The molecule has 15 heavy (non-hydrogen) atoms. The van der Waals surface area contributed by atoms with Crippen LogP contribution in [0.3, 0.4) is 0 Å². The molecule has 0 aliphatic carbocycles. The summed E-state index contributed by atoms with van der Waals surface area (Å²) in [6, 6.07) is 5.64. The van der Waals surface area contributed by atoms with E-state index in [2.05, 4.69) is 15.9 Å². The molecule has 0 saturated heterocycles. The highest BCUT2D eigenvalue weighted by Crippen LogP contribution is 2.23. The van der Waals surface area contributed by atoms with Crippen LogP contribution in [-0.4, -0.2) is 23.6 Å². The van der Waals surface area contributed by atoms with Crippen molar-refractivity contribution in [2.24, 2.45) is 5.73 Å². The van der Waals surface area contributed by atoms with Crippen LogP contribution in [0.15, 0.2) is 22.7 Å². The third kappa shape index (κ3) is 3.93. The van der Waals surface area contributed by atoms with Crippen molar-refractivity contribution in [3.05, 3.63) is 28.2 Å². The first kappa shape index (κ1) is 12.7. The molecule has 0 heterocycles. The van der Waals surface area contributed by atoms with Gasteiger partial charge in [0.2, 0.25) is 0 Å². The highest BCUT2D eigenvalue weighted by atomic mass is 79.9. The highest BCUT2D eigenvalue weighted by molar-refractivity contribution is 9.10. The average Bonchev–Trinajstić information content (AvgIpc) is 2.21. The van der Waals surface area contributed by atoms with Gasteiger partial charge >= 0.3 is 0 Å². The first-order valence-electron chi connectivity index (χ1n) is 4.55. The maximum atomic E-state index is 11.5. The standard InChI is InChI=1S/C10H14BrNO2S/c1-14-9-2-3-10(11)8(6-9)7-15(13)5-4-12/h2-3,6H,4-5,7,12H2,1H3. The average molecular weight is 292 g/mol. The summed E-state index contributed by atoms with van der Waals surface area (Å²) in [6.45, 7) is 0.453. The van der Waals surface area contributed by atoms with Crippen molar-refractivity contribution in [2.75, 3.05) is 19.4 Å². The molecule has 1 aromatic carbocycles. The number of halogens is 1. The van der Waals surface area contributed by atoms with Crippen molar-refractivity contribution >= 4 is 26.7 Å².